The molecule has 0 aliphatic heterocycles. The third kappa shape index (κ3) is 2.36. The van der Waals surface area contributed by atoms with Gasteiger partial charge < -0.3 is 0 Å². The monoisotopic (exact) mass is 312 g/mol. The van der Waals surface area contributed by atoms with Gasteiger partial charge in [-0.25, -0.2) is 17.5 Å². The summed E-state index contributed by atoms with van der Waals surface area (Å²) in [5.41, 5.74) is -0.818. The molecule has 1 aromatic rings. The predicted octanol–water partition coefficient (Wildman–Crippen LogP) is 1.40. The maximum Gasteiger partial charge on any atom is 0.293 e. The summed E-state index contributed by atoms with van der Waals surface area (Å²) in [6, 6.07) is 1.77. The zero-order valence-corrected chi connectivity index (χ0v) is 10.3. The van der Waals surface area contributed by atoms with Gasteiger partial charge in [-0.2, -0.15) is 0 Å². The summed E-state index contributed by atoms with van der Waals surface area (Å²) >= 11 is 2.84. The van der Waals surface area contributed by atoms with Crippen LogP contribution in [-0.4, -0.2) is 20.4 Å². The average Bonchev–Trinajstić information content (AvgIpc) is 2.15. The summed E-state index contributed by atoms with van der Waals surface area (Å²) in [6.45, 7) is 0. The zero-order valence-electron chi connectivity index (χ0n) is 7.90. The van der Waals surface area contributed by atoms with Gasteiger partial charge in [0.1, 0.15) is 0 Å². The Bertz CT molecular complexity index is 546. The van der Waals surface area contributed by atoms with Crippen LogP contribution in [-0.2, 0) is 10.0 Å². The van der Waals surface area contributed by atoms with E-state index in [4.69, 9.17) is 0 Å². The van der Waals surface area contributed by atoms with Crippen LogP contribution in [0.15, 0.2) is 21.5 Å². The molecule has 0 saturated heterocycles. The molecular weight excluding hydrogens is 307 g/mol. The molecule has 88 valence electrons. The summed E-state index contributed by atoms with van der Waals surface area (Å²) in [5, 5.41) is 10.6. The van der Waals surface area contributed by atoms with Crippen LogP contribution in [0.1, 0.15) is 0 Å². The highest BCUT2D eigenvalue weighted by molar-refractivity contribution is 9.10. The van der Waals surface area contributed by atoms with Gasteiger partial charge in [0.15, 0.2) is 10.7 Å². The maximum atomic E-state index is 13.4. The van der Waals surface area contributed by atoms with E-state index in [1.54, 1.807) is 0 Å². The molecule has 0 fully saturated rings. The van der Waals surface area contributed by atoms with Gasteiger partial charge in [0.05, 0.1) is 4.92 Å². The van der Waals surface area contributed by atoms with E-state index in [-0.39, 0.29) is 4.47 Å². The topological polar surface area (TPSA) is 89.3 Å². The summed E-state index contributed by atoms with van der Waals surface area (Å²) < 4.78 is 38.1. The van der Waals surface area contributed by atoms with E-state index in [1.807, 2.05) is 4.72 Å². The van der Waals surface area contributed by atoms with Crippen LogP contribution in [0.5, 0.6) is 0 Å². The summed E-state index contributed by atoms with van der Waals surface area (Å²) in [5.74, 6) is -1.18. The van der Waals surface area contributed by atoms with Gasteiger partial charge >= 0.3 is 0 Å². The van der Waals surface area contributed by atoms with Crippen LogP contribution >= 0.6 is 15.9 Å². The Morgan fingerprint density at radius 3 is 2.50 bits per heavy atom. The standard InChI is InChI=1S/C7H6BrFN2O4S/c1-10-16(14,15)7-5(9)2-4(8)3-6(7)11(12)13/h2-3,10H,1H3. The SMILES string of the molecule is CNS(=O)(=O)c1c(F)cc(Br)cc1[N+](=O)[O-]. The number of nitro benzene ring substituents is 1. The van der Waals surface area contributed by atoms with Crippen LogP contribution in [0, 0.1) is 15.9 Å². The molecule has 0 saturated carbocycles. The Labute approximate surface area is 98.8 Å². The van der Waals surface area contributed by atoms with Gasteiger partial charge in [-0.1, -0.05) is 15.9 Å². The van der Waals surface area contributed by atoms with Crippen LogP contribution in [0.2, 0.25) is 0 Å². The molecule has 0 radical (unpaired) electrons. The molecule has 0 amide bonds. The normalized spacial score (nSPS) is 11.4. The molecular formula is C7H6BrFN2O4S. The van der Waals surface area contributed by atoms with E-state index < -0.39 is 31.3 Å². The van der Waals surface area contributed by atoms with Crippen molar-refractivity contribution in [2.24, 2.45) is 0 Å². The number of halogens is 2. The molecule has 1 N–H and O–H groups in total. The molecule has 6 nitrogen and oxygen atoms in total. The van der Waals surface area contributed by atoms with E-state index in [9.17, 15) is 22.9 Å². The largest absolute Gasteiger partial charge is 0.293 e. The highest BCUT2D eigenvalue weighted by atomic mass is 79.9. The predicted molar refractivity (Wildman–Crippen MR) is 57.0 cm³/mol. The van der Waals surface area contributed by atoms with Crippen molar-refractivity contribution < 1.29 is 17.7 Å². The van der Waals surface area contributed by atoms with Crippen LogP contribution in [0.3, 0.4) is 0 Å². The van der Waals surface area contributed by atoms with E-state index in [1.165, 1.54) is 0 Å². The highest BCUT2D eigenvalue weighted by Crippen LogP contribution is 2.30. The molecule has 0 aromatic heterocycles. The average molecular weight is 313 g/mol. The molecule has 0 atom stereocenters. The Kier molecular flexibility index (Phi) is 3.61. The quantitative estimate of drug-likeness (QED) is 0.675. The molecule has 0 spiro atoms. The number of nitro groups is 1. The Morgan fingerprint density at radius 1 is 1.50 bits per heavy atom. The Balaban J connectivity index is 3.67. The smallest absolute Gasteiger partial charge is 0.258 e. The second kappa shape index (κ2) is 4.44. The number of nitrogens with zero attached hydrogens (tertiary/aromatic N) is 1. The number of sulfonamides is 1. The lowest BCUT2D eigenvalue weighted by atomic mass is 10.3. The van der Waals surface area contributed by atoms with Crippen molar-refractivity contribution in [2.75, 3.05) is 7.05 Å². The zero-order chi connectivity index (χ0) is 12.5. The Hall–Kier alpha value is -1.06. The Morgan fingerprint density at radius 2 is 2.06 bits per heavy atom. The molecule has 16 heavy (non-hydrogen) atoms. The molecule has 0 heterocycles. The second-order valence-electron chi connectivity index (χ2n) is 2.70. The van der Waals surface area contributed by atoms with Crippen molar-refractivity contribution in [3.05, 3.63) is 32.5 Å². The third-order valence-corrected chi connectivity index (χ3v) is 3.66. The van der Waals surface area contributed by atoms with Gasteiger partial charge in [-0.15, -0.1) is 0 Å². The van der Waals surface area contributed by atoms with Crippen LogP contribution < -0.4 is 4.72 Å². The first-order chi connectivity index (χ1) is 7.29. The second-order valence-corrected chi connectivity index (χ2v) is 5.44. The first-order valence-electron chi connectivity index (χ1n) is 3.86. The van der Waals surface area contributed by atoms with E-state index >= 15 is 0 Å². The van der Waals surface area contributed by atoms with Crippen molar-refractivity contribution in [3.8, 4) is 0 Å². The van der Waals surface area contributed by atoms with Crippen molar-refractivity contribution in [2.45, 2.75) is 4.90 Å². The minimum Gasteiger partial charge on any atom is -0.258 e. The number of rotatable bonds is 3. The lowest BCUT2D eigenvalue weighted by Crippen LogP contribution is -2.21. The third-order valence-electron chi connectivity index (χ3n) is 1.72. The molecule has 0 aliphatic rings. The van der Waals surface area contributed by atoms with E-state index in [0.717, 1.165) is 19.2 Å². The van der Waals surface area contributed by atoms with Crippen LogP contribution in [0.25, 0.3) is 0 Å². The van der Waals surface area contributed by atoms with Gasteiger partial charge in [-0.05, 0) is 13.1 Å². The summed E-state index contributed by atoms with van der Waals surface area (Å²) in [4.78, 5) is 8.69. The fraction of sp³-hybridized carbons (Fsp3) is 0.143. The molecule has 1 aromatic carbocycles. The molecule has 1 rings (SSSR count). The fourth-order valence-corrected chi connectivity index (χ4v) is 2.40. The first kappa shape index (κ1) is 13.0. The molecule has 0 unspecified atom stereocenters. The number of nitrogens with one attached hydrogen (secondary N) is 1. The summed E-state index contributed by atoms with van der Waals surface area (Å²) in [6.07, 6.45) is 0. The van der Waals surface area contributed by atoms with E-state index in [2.05, 4.69) is 15.9 Å². The minimum absolute atomic E-state index is 0.0896. The van der Waals surface area contributed by atoms with Crippen molar-refractivity contribution in [3.63, 3.8) is 0 Å². The lowest BCUT2D eigenvalue weighted by Gasteiger charge is -2.05. The fourth-order valence-electron chi connectivity index (χ4n) is 1.05. The molecule has 0 aliphatic carbocycles. The lowest BCUT2D eigenvalue weighted by molar-refractivity contribution is -0.388. The number of hydrogen-bond donors (Lipinski definition) is 1. The minimum atomic E-state index is -4.21. The summed E-state index contributed by atoms with van der Waals surface area (Å²) in [7, 11) is -3.17. The van der Waals surface area contributed by atoms with Gasteiger partial charge in [-0.3, -0.25) is 10.1 Å². The van der Waals surface area contributed by atoms with Crippen LogP contribution in [0.4, 0.5) is 10.1 Å². The van der Waals surface area contributed by atoms with Gasteiger partial charge in [0.2, 0.25) is 10.0 Å². The van der Waals surface area contributed by atoms with Gasteiger partial charge in [0.25, 0.3) is 5.69 Å². The van der Waals surface area contributed by atoms with Crippen molar-refractivity contribution in [1.82, 2.24) is 4.72 Å². The first-order valence-corrected chi connectivity index (χ1v) is 6.14. The van der Waals surface area contributed by atoms with Crippen molar-refractivity contribution >= 4 is 31.6 Å². The van der Waals surface area contributed by atoms with Gasteiger partial charge in [0, 0.05) is 10.5 Å². The molecule has 0 bridgehead atoms. The number of hydrogen-bond acceptors (Lipinski definition) is 4. The number of benzene rings is 1. The molecule has 9 heteroatoms. The maximum absolute atomic E-state index is 13.4. The van der Waals surface area contributed by atoms with E-state index in [0.29, 0.717) is 0 Å². The van der Waals surface area contributed by atoms with Crippen molar-refractivity contribution in [1.29, 1.82) is 0 Å². The highest BCUT2D eigenvalue weighted by Gasteiger charge is 2.29.